The lowest BCUT2D eigenvalue weighted by molar-refractivity contribution is -0.118. The zero-order valence-corrected chi connectivity index (χ0v) is 13.6. The molecule has 0 atom stereocenters. The van der Waals surface area contributed by atoms with Crippen LogP contribution in [0.4, 0.5) is 0 Å². The number of ether oxygens (including phenoxy) is 3. The Morgan fingerprint density at radius 3 is 1.95 bits per heavy atom. The molecule has 0 radical (unpaired) electrons. The molecule has 0 aromatic heterocycles. The molecule has 0 bridgehead atoms. The van der Waals surface area contributed by atoms with E-state index < -0.39 is 5.79 Å². The first-order valence-electron chi connectivity index (χ1n) is 6.95. The largest absolute Gasteiger partial charge is 0.494 e. The number of methoxy groups -OCH3 is 3. The van der Waals surface area contributed by atoms with Crippen LogP contribution in [0.1, 0.15) is 26.3 Å². The van der Waals surface area contributed by atoms with Gasteiger partial charge < -0.3 is 14.2 Å². The SMILES string of the molecule is COC1=C(c2ccccc2)C(OC)(OC)C1=NC(C)(C)C. The highest BCUT2D eigenvalue weighted by atomic mass is 16.7. The van der Waals surface area contributed by atoms with Crippen molar-refractivity contribution in [2.75, 3.05) is 21.3 Å². The van der Waals surface area contributed by atoms with Crippen LogP contribution in [0.15, 0.2) is 41.1 Å². The molecular formula is C17H23NO3. The van der Waals surface area contributed by atoms with E-state index in [1.165, 1.54) is 0 Å². The predicted molar refractivity (Wildman–Crippen MR) is 84.3 cm³/mol. The minimum Gasteiger partial charge on any atom is -0.494 e. The smallest absolute Gasteiger partial charge is 0.247 e. The highest BCUT2D eigenvalue weighted by Gasteiger charge is 2.55. The Labute approximate surface area is 126 Å². The molecule has 4 heteroatoms. The van der Waals surface area contributed by atoms with Crippen molar-refractivity contribution in [1.29, 1.82) is 0 Å². The van der Waals surface area contributed by atoms with Gasteiger partial charge in [0.25, 0.3) is 0 Å². The molecule has 0 fully saturated rings. The van der Waals surface area contributed by atoms with Gasteiger partial charge in [0, 0.05) is 14.2 Å². The van der Waals surface area contributed by atoms with Crippen LogP contribution in [0.25, 0.3) is 5.57 Å². The summed E-state index contributed by atoms with van der Waals surface area (Å²) in [6.07, 6.45) is 0. The quantitative estimate of drug-likeness (QED) is 0.799. The first-order chi connectivity index (χ1) is 9.89. The number of aliphatic imine (C=N–C) groups is 1. The highest BCUT2D eigenvalue weighted by Crippen LogP contribution is 2.46. The van der Waals surface area contributed by atoms with Gasteiger partial charge in [-0.1, -0.05) is 30.3 Å². The Morgan fingerprint density at radius 2 is 1.52 bits per heavy atom. The van der Waals surface area contributed by atoms with Gasteiger partial charge >= 0.3 is 0 Å². The van der Waals surface area contributed by atoms with Gasteiger partial charge in [0.15, 0.2) is 5.76 Å². The standard InChI is InChI=1S/C17H23NO3/c1-16(2,3)18-15-14(19-4)13(17(15,20-5)21-6)12-10-8-7-9-11-12/h7-11H,1-6H3. The average Bonchev–Trinajstić information content (AvgIpc) is 2.45. The van der Waals surface area contributed by atoms with Crippen molar-refractivity contribution in [3.63, 3.8) is 0 Å². The lowest BCUT2D eigenvalue weighted by Gasteiger charge is -2.44. The van der Waals surface area contributed by atoms with E-state index in [2.05, 4.69) is 0 Å². The number of benzene rings is 1. The third kappa shape index (κ3) is 2.61. The molecule has 0 saturated carbocycles. The minimum absolute atomic E-state index is 0.246. The Hall–Kier alpha value is -1.65. The van der Waals surface area contributed by atoms with Crippen LogP contribution < -0.4 is 0 Å². The predicted octanol–water partition coefficient (Wildman–Crippen LogP) is 3.29. The summed E-state index contributed by atoms with van der Waals surface area (Å²) >= 11 is 0. The van der Waals surface area contributed by atoms with Crippen LogP contribution >= 0.6 is 0 Å². The number of nitrogens with zero attached hydrogens (tertiary/aromatic N) is 1. The number of rotatable bonds is 4. The van der Waals surface area contributed by atoms with Gasteiger partial charge in [-0.3, -0.25) is 4.99 Å². The molecule has 21 heavy (non-hydrogen) atoms. The van der Waals surface area contributed by atoms with Crippen LogP contribution in [-0.4, -0.2) is 38.4 Å². The molecule has 1 aromatic carbocycles. The molecule has 0 heterocycles. The molecule has 0 N–H and O–H groups in total. The summed E-state index contributed by atoms with van der Waals surface area (Å²) in [6, 6.07) is 9.94. The zero-order valence-electron chi connectivity index (χ0n) is 13.6. The van der Waals surface area contributed by atoms with E-state index in [0.717, 1.165) is 16.9 Å². The summed E-state index contributed by atoms with van der Waals surface area (Å²) < 4.78 is 16.9. The molecule has 0 aliphatic heterocycles. The lowest BCUT2D eigenvalue weighted by Crippen LogP contribution is -2.54. The van der Waals surface area contributed by atoms with Gasteiger partial charge in [0.1, 0.15) is 5.71 Å². The maximum absolute atomic E-state index is 5.69. The highest BCUT2D eigenvalue weighted by molar-refractivity contribution is 6.25. The molecule has 0 spiro atoms. The normalized spacial score (nSPS) is 19.6. The van der Waals surface area contributed by atoms with Crippen LogP contribution in [0.2, 0.25) is 0 Å². The molecule has 114 valence electrons. The van der Waals surface area contributed by atoms with E-state index in [1.54, 1.807) is 21.3 Å². The maximum atomic E-state index is 5.69. The summed E-state index contributed by atoms with van der Waals surface area (Å²) in [5.41, 5.74) is 2.33. The first-order valence-corrected chi connectivity index (χ1v) is 6.95. The molecule has 4 nitrogen and oxygen atoms in total. The summed E-state index contributed by atoms with van der Waals surface area (Å²) in [4.78, 5) is 4.72. The Bertz CT molecular complexity index is 563. The summed E-state index contributed by atoms with van der Waals surface area (Å²) in [5.74, 6) is -0.250. The van der Waals surface area contributed by atoms with Gasteiger partial charge in [-0.25, -0.2) is 0 Å². The van der Waals surface area contributed by atoms with Gasteiger partial charge in [-0.15, -0.1) is 0 Å². The van der Waals surface area contributed by atoms with Crippen LogP contribution in [0, 0.1) is 0 Å². The van der Waals surface area contributed by atoms with Gasteiger partial charge in [-0.2, -0.15) is 0 Å². The van der Waals surface area contributed by atoms with Crippen LogP contribution in [0.3, 0.4) is 0 Å². The summed E-state index contributed by atoms with van der Waals surface area (Å²) in [6.45, 7) is 6.09. The van der Waals surface area contributed by atoms with Crippen molar-refractivity contribution in [1.82, 2.24) is 0 Å². The maximum Gasteiger partial charge on any atom is 0.247 e. The van der Waals surface area contributed by atoms with Crippen molar-refractivity contribution in [2.24, 2.45) is 4.99 Å². The second-order valence-electron chi connectivity index (χ2n) is 5.93. The van der Waals surface area contributed by atoms with Crippen molar-refractivity contribution in [3.8, 4) is 0 Å². The molecule has 0 unspecified atom stereocenters. The van der Waals surface area contributed by atoms with Crippen LogP contribution in [-0.2, 0) is 14.2 Å². The van der Waals surface area contributed by atoms with E-state index in [-0.39, 0.29) is 5.54 Å². The van der Waals surface area contributed by atoms with E-state index in [1.807, 2.05) is 51.1 Å². The lowest BCUT2D eigenvalue weighted by atomic mass is 9.80. The zero-order chi connectivity index (χ0) is 15.7. The first kappa shape index (κ1) is 15.7. The number of hydrogen-bond acceptors (Lipinski definition) is 4. The molecule has 1 aliphatic carbocycles. The Balaban J connectivity index is 2.65. The van der Waals surface area contributed by atoms with Crippen LogP contribution in [0.5, 0.6) is 0 Å². The summed E-state index contributed by atoms with van der Waals surface area (Å²) in [7, 11) is 4.89. The third-order valence-corrected chi connectivity index (χ3v) is 3.37. The van der Waals surface area contributed by atoms with Crippen molar-refractivity contribution >= 4 is 11.3 Å². The molecule has 1 aliphatic rings. The fraction of sp³-hybridized carbons (Fsp3) is 0.471. The molecular weight excluding hydrogens is 266 g/mol. The molecule has 1 aromatic rings. The third-order valence-electron chi connectivity index (χ3n) is 3.37. The monoisotopic (exact) mass is 289 g/mol. The van der Waals surface area contributed by atoms with Gasteiger partial charge in [0.2, 0.25) is 5.79 Å². The van der Waals surface area contributed by atoms with E-state index >= 15 is 0 Å². The van der Waals surface area contributed by atoms with Crippen molar-refractivity contribution in [2.45, 2.75) is 32.1 Å². The Kier molecular flexibility index (Phi) is 4.21. The van der Waals surface area contributed by atoms with Gasteiger partial charge in [0.05, 0.1) is 18.2 Å². The average molecular weight is 289 g/mol. The van der Waals surface area contributed by atoms with E-state index in [0.29, 0.717) is 5.71 Å². The molecule has 2 rings (SSSR count). The van der Waals surface area contributed by atoms with Crippen molar-refractivity contribution in [3.05, 3.63) is 41.7 Å². The van der Waals surface area contributed by atoms with Crippen molar-refractivity contribution < 1.29 is 14.2 Å². The Morgan fingerprint density at radius 1 is 0.952 bits per heavy atom. The second kappa shape index (κ2) is 5.62. The minimum atomic E-state index is -0.972. The van der Waals surface area contributed by atoms with Gasteiger partial charge in [-0.05, 0) is 26.3 Å². The fourth-order valence-electron chi connectivity index (χ4n) is 2.54. The fourth-order valence-corrected chi connectivity index (χ4v) is 2.54. The topological polar surface area (TPSA) is 40.0 Å². The van der Waals surface area contributed by atoms with E-state index in [4.69, 9.17) is 19.2 Å². The second-order valence-corrected chi connectivity index (χ2v) is 5.93. The molecule has 0 amide bonds. The summed E-state index contributed by atoms with van der Waals surface area (Å²) in [5, 5.41) is 0. The number of hydrogen-bond donors (Lipinski definition) is 0. The van der Waals surface area contributed by atoms with E-state index in [9.17, 15) is 0 Å². The molecule has 0 saturated heterocycles.